The molecule has 2 aromatic rings. The average molecular weight is 300 g/mol. The van der Waals surface area contributed by atoms with Crippen LogP contribution in [0.5, 0.6) is 0 Å². The van der Waals surface area contributed by atoms with Crippen molar-refractivity contribution in [2.24, 2.45) is 0 Å². The summed E-state index contributed by atoms with van der Waals surface area (Å²) in [6.45, 7) is 6.67. The molecule has 0 bridgehead atoms. The molecule has 0 saturated heterocycles. The summed E-state index contributed by atoms with van der Waals surface area (Å²) in [5.74, 6) is 0.703. The molecule has 0 spiro atoms. The van der Waals surface area contributed by atoms with Gasteiger partial charge in [0.15, 0.2) is 0 Å². The minimum Gasteiger partial charge on any atom is -0.357 e. The maximum atomic E-state index is 11.9. The van der Waals surface area contributed by atoms with Crippen molar-refractivity contribution in [3.8, 4) is 0 Å². The van der Waals surface area contributed by atoms with Gasteiger partial charge in [-0.2, -0.15) is 5.10 Å². The molecule has 0 radical (unpaired) electrons. The Bertz CT molecular complexity index is 594. The molecule has 0 saturated carbocycles. The van der Waals surface area contributed by atoms with Crippen molar-refractivity contribution >= 4 is 11.7 Å². The van der Waals surface area contributed by atoms with Crippen LogP contribution in [-0.2, 0) is 4.79 Å². The van der Waals surface area contributed by atoms with Crippen molar-refractivity contribution in [2.75, 3.05) is 11.9 Å². The van der Waals surface area contributed by atoms with E-state index < -0.39 is 0 Å². The third-order valence-electron chi connectivity index (χ3n) is 3.59. The first kappa shape index (κ1) is 16.1. The number of carbonyl (C=O) groups excluding carboxylic acids is 1. The van der Waals surface area contributed by atoms with Gasteiger partial charge >= 0.3 is 0 Å². The van der Waals surface area contributed by atoms with E-state index in [0.717, 1.165) is 6.42 Å². The van der Waals surface area contributed by atoms with Crippen LogP contribution in [0.1, 0.15) is 38.8 Å². The summed E-state index contributed by atoms with van der Waals surface area (Å²) in [4.78, 5) is 11.9. The van der Waals surface area contributed by atoms with Crippen LogP contribution in [0, 0.1) is 0 Å². The van der Waals surface area contributed by atoms with Gasteiger partial charge in [-0.05, 0) is 25.8 Å². The van der Waals surface area contributed by atoms with Gasteiger partial charge in [-0.15, -0.1) is 0 Å². The summed E-state index contributed by atoms with van der Waals surface area (Å²) in [5.41, 5.74) is 1.20. The average Bonchev–Trinajstić information content (AvgIpc) is 3.01. The van der Waals surface area contributed by atoms with Crippen molar-refractivity contribution < 1.29 is 4.79 Å². The summed E-state index contributed by atoms with van der Waals surface area (Å²) >= 11 is 0. The van der Waals surface area contributed by atoms with Crippen LogP contribution >= 0.6 is 0 Å². The molecule has 1 amide bonds. The van der Waals surface area contributed by atoms with E-state index in [1.54, 1.807) is 0 Å². The highest BCUT2D eigenvalue weighted by atomic mass is 16.2. The van der Waals surface area contributed by atoms with E-state index in [-0.39, 0.29) is 18.0 Å². The first-order valence-electron chi connectivity index (χ1n) is 7.76. The van der Waals surface area contributed by atoms with Gasteiger partial charge < -0.3 is 10.6 Å². The largest absolute Gasteiger partial charge is 0.357 e. The van der Waals surface area contributed by atoms with Crippen LogP contribution in [0.15, 0.2) is 42.6 Å². The monoisotopic (exact) mass is 300 g/mol. The third-order valence-corrected chi connectivity index (χ3v) is 3.59. The molecule has 2 atom stereocenters. The first-order chi connectivity index (χ1) is 10.6. The highest BCUT2D eigenvalue weighted by Gasteiger charge is 2.14. The molecular weight excluding hydrogens is 276 g/mol. The van der Waals surface area contributed by atoms with Crippen molar-refractivity contribution in [3.63, 3.8) is 0 Å². The predicted molar refractivity (Wildman–Crippen MR) is 88.9 cm³/mol. The Hall–Kier alpha value is -2.30. The Balaban J connectivity index is 1.98. The van der Waals surface area contributed by atoms with Gasteiger partial charge in [-0.3, -0.25) is 9.48 Å². The van der Waals surface area contributed by atoms with E-state index in [1.165, 1.54) is 5.56 Å². The number of nitrogens with one attached hydrogen (secondary N) is 2. The fraction of sp³-hybridized carbons (Fsp3) is 0.412. The zero-order chi connectivity index (χ0) is 15.9. The minimum atomic E-state index is -0.304. The number of hydrogen-bond acceptors (Lipinski definition) is 3. The molecule has 0 aliphatic carbocycles. The molecule has 1 aromatic heterocycles. The van der Waals surface area contributed by atoms with Crippen molar-refractivity contribution in [2.45, 2.75) is 39.3 Å². The predicted octanol–water partition coefficient (Wildman–Crippen LogP) is 2.82. The van der Waals surface area contributed by atoms with Crippen molar-refractivity contribution in [1.29, 1.82) is 0 Å². The SMILES string of the molecule is CCCNC(=O)[C@H](C)Nc1ccn([C@@H](C)c2ccccc2)n1. The standard InChI is InChI=1S/C17H24N4O/c1-4-11-18-17(22)13(2)19-16-10-12-21(20-16)14(3)15-8-6-5-7-9-15/h5-10,12-14H,4,11H2,1-3H3,(H,18,22)(H,19,20)/t13-,14-/m0/s1. The Kier molecular flexibility index (Phi) is 5.58. The number of carbonyl (C=O) groups is 1. The molecule has 5 heteroatoms. The summed E-state index contributed by atoms with van der Waals surface area (Å²) in [6.07, 6.45) is 2.86. The summed E-state index contributed by atoms with van der Waals surface area (Å²) in [6, 6.07) is 12.0. The van der Waals surface area contributed by atoms with Gasteiger partial charge in [-0.1, -0.05) is 37.3 Å². The van der Waals surface area contributed by atoms with Crippen LogP contribution in [0.2, 0.25) is 0 Å². The van der Waals surface area contributed by atoms with Crippen molar-refractivity contribution in [1.82, 2.24) is 15.1 Å². The summed E-state index contributed by atoms with van der Waals surface area (Å²) in [5, 5.41) is 10.5. The third kappa shape index (κ3) is 4.10. The lowest BCUT2D eigenvalue weighted by atomic mass is 10.1. The minimum absolute atomic E-state index is 0.00694. The Morgan fingerprint density at radius 3 is 2.64 bits per heavy atom. The molecule has 0 aliphatic heterocycles. The molecule has 22 heavy (non-hydrogen) atoms. The zero-order valence-corrected chi connectivity index (χ0v) is 13.4. The van der Waals surface area contributed by atoms with E-state index in [0.29, 0.717) is 12.4 Å². The second kappa shape index (κ2) is 7.64. The number of benzene rings is 1. The zero-order valence-electron chi connectivity index (χ0n) is 13.4. The van der Waals surface area contributed by atoms with Crippen LogP contribution in [-0.4, -0.2) is 28.3 Å². The first-order valence-corrected chi connectivity index (χ1v) is 7.76. The lowest BCUT2D eigenvalue weighted by molar-refractivity contribution is -0.121. The van der Waals surface area contributed by atoms with Gasteiger partial charge in [0.2, 0.25) is 5.91 Å². The van der Waals surface area contributed by atoms with E-state index in [4.69, 9.17) is 0 Å². The van der Waals surface area contributed by atoms with E-state index >= 15 is 0 Å². The Labute approximate surface area is 131 Å². The second-order valence-electron chi connectivity index (χ2n) is 5.42. The van der Waals surface area contributed by atoms with E-state index in [2.05, 4.69) is 34.8 Å². The molecule has 118 valence electrons. The fourth-order valence-corrected chi connectivity index (χ4v) is 2.20. The lowest BCUT2D eigenvalue weighted by Crippen LogP contribution is -2.38. The number of rotatable bonds is 7. The molecule has 2 rings (SSSR count). The molecule has 1 heterocycles. The topological polar surface area (TPSA) is 59.0 Å². The van der Waals surface area contributed by atoms with Gasteiger partial charge in [0, 0.05) is 18.8 Å². The lowest BCUT2D eigenvalue weighted by Gasteiger charge is -2.14. The second-order valence-corrected chi connectivity index (χ2v) is 5.42. The molecular formula is C17H24N4O. The number of nitrogens with zero attached hydrogens (tertiary/aromatic N) is 2. The van der Waals surface area contributed by atoms with E-state index in [9.17, 15) is 4.79 Å². The van der Waals surface area contributed by atoms with Crippen molar-refractivity contribution in [3.05, 3.63) is 48.2 Å². The normalized spacial score (nSPS) is 13.4. The Morgan fingerprint density at radius 1 is 1.23 bits per heavy atom. The summed E-state index contributed by atoms with van der Waals surface area (Å²) < 4.78 is 1.90. The molecule has 0 fully saturated rings. The molecule has 0 unspecified atom stereocenters. The smallest absolute Gasteiger partial charge is 0.242 e. The van der Waals surface area contributed by atoms with Gasteiger partial charge in [-0.25, -0.2) is 0 Å². The van der Waals surface area contributed by atoms with Crippen LogP contribution in [0.4, 0.5) is 5.82 Å². The number of hydrogen-bond donors (Lipinski definition) is 2. The molecule has 1 aromatic carbocycles. The highest BCUT2D eigenvalue weighted by Crippen LogP contribution is 2.18. The highest BCUT2D eigenvalue weighted by molar-refractivity contribution is 5.83. The molecule has 2 N–H and O–H groups in total. The molecule has 5 nitrogen and oxygen atoms in total. The quantitative estimate of drug-likeness (QED) is 0.826. The fourth-order valence-electron chi connectivity index (χ4n) is 2.20. The van der Waals surface area contributed by atoms with Crippen LogP contribution < -0.4 is 10.6 Å². The summed E-state index contributed by atoms with van der Waals surface area (Å²) in [7, 11) is 0. The van der Waals surface area contributed by atoms with Crippen LogP contribution in [0.3, 0.4) is 0 Å². The van der Waals surface area contributed by atoms with Gasteiger partial charge in [0.1, 0.15) is 11.9 Å². The Morgan fingerprint density at radius 2 is 1.95 bits per heavy atom. The maximum Gasteiger partial charge on any atom is 0.242 e. The number of aromatic nitrogens is 2. The van der Waals surface area contributed by atoms with Crippen LogP contribution in [0.25, 0.3) is 0 Å². The van der Waals surface area contributed by atoms with E-state index in [1.807, 2.05) is 49.0 Å². The van der Waals surface area contributed by atoms with Gasteiger partial charge in [0.25, 0.3) is 0 Å². The molecule has 0 aliphatic rings. The number of anilines is 1. The number of amides is 1. The maximum absolute atomic E-state index is 11.9. The van der Waals surface area contributed by atoms with Gasteiger partial charge in [0.05, 0.1) is 6.04 Å².